The number of hydrogen-bond acceptors (Lipinski definition) is 10. The van der Waals surface area contributed by atoms with Gasteiger partial charge in [0.05, 0.1) is 19.3 Å². The van der Waals surface area contributed by atoms with E-state index in [2.05, 4.69) is 0 Å². The smallest absolute Gasteiger partial charge is 0.187 e. The quantitative estimate of drug-likeness (QED) is 0.211. The Labute approximate surface area is 152 Å². The molecule has 0 aliphatic carbocycles. The number of ether oxygens (including phenoxy) is 2. The maximum absolute atomic E-state index is 10.4. The Morgan fingerprint density at radius 3 is 1.96 bits per heavy atom. The van der Waals surface area contributed by atoms with Crippen LogP contribution in [0.2, 0.25) is 0 Å². The van der Waals surface area contributed by atoms with E-state index in [-0.39, 0.29) is 11.8 Å². The maximum atomic E-state index is 10.4. The summed E-state index contributed by atoms with van der Waals surface area (Å²) in [6.07, 6.45) is -13.9. The molecule has 0 amide bonds. The molecule has 0 aromatic heterocycles. The number of aliphatic hydroxyl groups is 8. The lowest BCUT2D eigenvalue weighted by atomic mass is 9.86. The molecule has 0 aromatic rings. The summed E-state index contributed by atoms with van der Waals surface area (Å²) in [4.78, 5) is 0. The van der Waals surface area contributed by atoms with E-state index in [1.165, 1.54) is 0 Å². The van der Waals surface area contributed by atoms with Crippen molar-refractivity contribution < 1.29 is 50.3 Å². The molecule has 9 atom stereocenters. The Morgan fingerprint density at radius 2 is 1.50 bits per heavy atom. The summed E-state index contributed by atoms with van der Waals surface area (Å²) in [6.45, 7) is 4.02. The zero-order valence-electron chi connectivity index (χ0n) is 15.2. The molecule has 0 saturated carbocycles. The zero-order chi connectivity index (χ0) is 20.2. The van der Waals surface area contributed by atoms with E-state index >= 15 is 0 Å². The molecule has 0 aromatic carbocycles. The third-order valence-electron chi connectivity index (χ3n) is 4.26. The van der Waals surface area contributed by atoms with Crippen molar-refractivity contribution in [3.63, 3.8) is 0 Å². The highest BCUT2D eigenvalue weighted by molar-refractivity contribution is 4.91. The molecule has 10 heteroatoms. The van der Waals surface area contributed by atoms with Crippen LogP contribution in [0.5, 0.6) is 0 Å². The van der Waals surface area contributed by atoms with Gasteiger partial charge in [-0.15, -0.1) is 0 Å². The molecule has 26 heavy (non-hydrogen) atoms. The molecule has 0 radical (unpaired) electrons. The second kappa shape index (κ2) is 9.69. The molecule has 1 rings (SSSR count). The lowest BCUT2D eigenvalue weighted by Crippen LogP contribution is -2.61. The predicted molar refractivity (Wildman–Crippen MR) is 87.8 cm³/mol. The SMILES string of the molecule is CC(C)(C)CC(O)C(O)C(O[C@@H]1OC(CO)[C@@H](O)C(O)C1O)C(O)CO. The van der Waals surface area contributed by atoms with E-state index in [0.29, 0.717) is 0 Å². The summed E-state index contributed by atoms with van der Waals surface area (Å²) in [5.41, 5.74) is -0.349. The van der Waals surface area contributed by atoms with Gasteiger partial charge in [-0.2, -0.15) is 0 Å². The fourth-order valence-electron chi connectivity index (χ4n) is 2.80. The minimum Gasteiger partial charge on any atom is -0.394 e. The third-order valence-corrected chi connectivity index (χ3v) is 4.26. The van der Waals surface area contributed by atoms with Gasteiger partial charge in [0, 0.05) is 0 Å². The number of rotatable bonds is 8. The molecule has 1 aliphatic heterocycles. The zero-order valence-corrected chi connectivity index (χ0v) is 15.2. The first-order valence-corrected chi connectivity index (χ1v) is 8.54. The predicted octanol–water partition coefficient (Wildman–Crippen LogP) is -3.32. The highest BCUT2D eigenvalue weighted by Crippen LogP contribution is 2.27. The molecular weight excluding hydrogens is 352 g/mol. The van der Waals surface area contributed by atoms with Crippen LogP contribution in [0.4, 0.5) is 0 Å². The van der Waals surface area contributed by atoms with Crippen LogP contribution < -0.4 is 0 Å². The lowest BCUT2D eigenvalue weighted by molar-refractivity contribution is -0.327. The van der Waals surface area contributed by atoms with Gasteiger partial charge >= 0.3 is 0 Å². The van der Waals surface area contributed by atoms with Crippen molar-refractivity contribution in [2.24, 2.45) is 5.41 Å². The van der Waals surface area contributed by atoms with Gasteiger partial charge in [-0.1, -0.05) is 20.8 Å². The standard InChI is InChI=1S/C16H32O10/c1-16(2,3)4-7(19)10(21)14(8(20)5-17)26-15-13(24)12(23)11(22)9(6-18)25-15/h7-15,17-24H,4-6H2,1-3H3/t7?,8?,9?,10?,11-,12?,13?,14?,15+/m1/s1. The summed E-state index contributed by atoms with van der Waals surface area (Å²) in [6, 6.07) is 0. The van der Waals surface area contributed by atoms with Crippen molar-refractivity contribution in [1.29, 1.82) is 0 Å². The summed E-state index contributed by atoms with van der Waals surface area (Å²) in [5, 5.41) is 78.4. The first-order chi connectivity index (χ1) is 11.9. The Bertz CT molecular complexity index is 412. The fourth-order valence-corrected chi connectivity index (χ4v) is 2.80. The average Bonchev–Trinajstić information content (AvgIpc) is 2.56. The van der Waals surface area contributed by atoms with Gasteiger partial charge in [0.15, 0.2) is 6.29 Å². The normalized spacial score (nSPS) is 35.0. The van der Waals surface area contributed by atoms with E-state index in [0.717, 1.165) is 0 Å². The highest BCUT2D eigenvalue weighted by atomic mass is 16.7. The molecule has 7 unspecified atom stereocenters. The lowest BCUT2D eigenvalue weighted by Gasteiger charge is -2.42. The van der Waals surface area contributed by atoms with Gasteiger partial charge in [0.2, 0.25) is 0 Å². The van der Waals surface area contributed by atoms with Crippen LogP contribution in [0.3, 0.4) is 0 Å². The molecule has 1 saturated heterocycles. The maximum Gasteiger partial charge on any atom is 0.187 e. The van der Waals surface area contributed by atoms with Crippen molar-refractivity contribution in [3.05, 3.63) is 0 Å². The molecular formula is C16H32O10. The molecule has 1 fully saturated rings. The first kappa shape index (κ1) is 23.6. The van der Waals surface area contributed by atoms with Crippen LogP contribution >= 0.6 is 0 Å². The van der Waals surface area contributed by atoms with Crippen molar-refractivity contribution in [2.45, 2.75) is 82.3 Å². The topological polar surface area (TPSA) is 180 Å². The van der Waals surface area contributed by atoms with Gasteiger partial charge in [0.25, 0.3) is 0 Å². The van der Waals surface area contributed by atoms with Gasteiger partial charge in [-0.3, -0.25) is 0 Å². The average molecular weight is 384 g/mol. The van der Waals surface area contributed by atoms with Crippen LogP contribution in [0.25, 0.3) is 0 Å². The molecule has 1 aliphatic rings. The van der Waals surface area contributed by atoms with Crippen LogP contribution in [-0.4, -0.2) is 109 Å². The third kappa shape index (κ3) is 6.06. The molecule has 0 spiro atoms. The number of aliphatic hydroxyl groups excluding tert-OH is 8. The minimum atomic E-state index is -1.74. The molecule has 0 bridgehead atoms. The summed E-state index contributed by atoms with van der Waals surface area (Å²) < 4.78 is 10.5. The summed E-state index contributed by atoms with van der Waals surface area (Å²) in [7, 11) is 0. The van der Waals surface area contributed by atoms with E-state index in [9.17, 15) is 40.9 Å². The molecule has 10 nitrogen and oxygen atoms in total. The van der Waals surface area contributed by atoms with Gasteiger partial charge in [-0.05, 0) is 11.8 Å². The Morgan fingerprint density at radius 1 is 0.923 bits per heavy atom. The van der Waals surface area contributed by atoms with Gasteiger partial charge in [0.1, 0.15) is 42.7 Å². The van der Waals surface area contributed by atoms with E-state index in [4.69, 9.17) is 9.47 Å². The van der Waals surface area contributed by atoms with Crippen LogP contribution in [0.1, 0.15) is 27.2 Å². The largest absolute Gasteiger partial charge is 0.394 e. The molecule has 1 heterocycles. The second-order valence-electron chi connectivity index (χ2n) is 7.87. The van der Waals surface area contributed by atoms with E-state index < -0.39 is 68.3 Å². The first-order valence-electron chi connectivity index (χ1n) is 8.54. The number of hydrogen-bond donors (Lipinski definition) is 8. The van der Waals surface area contributed by atoms with Crippen molar-refractivity contribution in [2.75, 3.05) is 13.2 Å². The van der Waals surface area contributed by atoms with E-state index in [1.54, 1.807) is 0 Å². The minimum absolute atomic E-state index is 0.154. The Hall–Kier alpha value is -0.400. The second-order valence-corrected chi connectivity index (χ2v) is 7.87. The summed E-state index contributed by atoms with van der Waals surface area (Å²) >= 11 is 0. The van der Waals surface area contributed by atoms with Crippen molar-refractivity contribution in [1.82, 2.24) is 0 Å². The monoisotopic (exact) mass is 384 g/mol. The Balaban J connectivity index is 2.93. The summed E-state index contributed by atoms with van der Waals surface area (Å²) in [5.74, 6) is 0. The highest BCUT2D eigenvalue weighted by Gasteiger charge is 2.46. The fraction of sp³-hybridized carbons (Fsp3) is 1.00. The van der Waals surface area contributed by atoms with Crippen LogP contribution in [0, 0.1) is 5.41 Å². The Kier molecular flexibility index (Phi) is 8.81. The molecule has 8 N–H and O–H groups in total. The van der Waals surface area contributed by atoms with Crippen molar-refractivity contribution >= 4 is 0 Å². The molecule has 156 valence electrons. The van der Waals surface area contributed by atoms with Crippen LogP contribution in [0.15, 0.2) is 0 Å². The van der Waals surface area contributed by atoms with Crippen molar-refractivity contribution in [3.8, 4) is 0 Å². The van der Waals surface area contributed by atoms with Crippen LogP contribution in [-0.2, 0) is 9.47 Å². The van der Waals surface area contributed by atoms with E-state index in [1.807, 2.05) is 20.8 Å². The van der Waals surface area contributed by atoms with Gasteiger partial charge in [-0.25, -0.2) is 0 Å². The van der Waals surface area contributed by atoms with Gasteiger partial charge < -0.3 is 50.3 Å².